The summed E-state index contributed by atoms with van der Waals surface area (Å²) in [5.41, 5.74) is 6.06. The molecule has 3 aromatic rings. The van der Waals surface area contributed by atoms with Gasteiger partial charge in [-0.3, -0.25) is 4.79 Å². The number of hydrogen-bond donors (Lipinski definition) is 2. The molecule has 0 unspecified atom stereocenters. The van der Waals surface area contributed by atoms with Gasteiger partial charge in [-0.25, -0.2) is 4.98 Å². The Morgan fingerprint density at radius 2 is 1.81 bits per heavy atom. The average molecular weight is 366 g/mol. The van der Waals surface area contributed by atoms with Crippen LogP contribution in [-0.2, 0) is 4.79 Å². The first-order valence-electron chi connectivity index (χ1n) is 8.59. The van der Waals surface area contributed by atoms with Gasteiger partial charge in [-0.1, -0.05) is 29.8 Å². The summed E-state index contributed by atoms with van der Waals surface area (Å²) in [6, 6.07) is 13.7. The van der Waals surface area contributed by atoms with Crippen molar-refractivity contribution in [3.05, 3.63) is 64.0 Å². The van der Waals surface area contributed by atoms with Crippen LogP contribution in [0.2, 0.25) is 0 Å². The lowest BCUT2D eigenvalue weighted by Gasteiger charge is -2.16. The van der Waals surface area contributed by atoms with Crippen LogP contribution in [0.3, 0.4) is 0 Å². The molecule has 4 nitrogen and oxygen atoms in total. The minimum absolute atomic E-state index is 0.0591. The van der Waals surface area contributed by atoms with Crippen LogP contribution in [0.15, 0.2) is 47.8 Å². The number of anilines is 2. The number of aryl methyl sites for hydroxylation is 3. The fourth-order valence-corrected chi connectivity index (χ4v) is 3.37. The van der Waals surface area contributed by atoms with Crippen LogP contribution >= 0.6 is 11.3 Å². The number of rotatable bonds is 5. The molecule has 0 bridgehead atoms. The van der Waals surface area contributed by atoms with E-state index < -0.39 is 0 Å². The highest BCUT2D eigenvalue weighted by atomic mass is 32.1. The van der Waals surface area contributed by atoms with Crippen molar-refractivity contribution >= 4 is 28.6 Å². The van der Waals surface area contributed by atoms with Gasteiger partial charge in [0, 0.05) is 22.3 Å². The fourth-order valence-electron chi connectivity index (χ4n) is 2.74. The molecule has 0 aliphatic carbocycles. The van der Waals surface area contributed by atoms with E-state index in [4.69, 9.17) is 0 Å². The Morgan fingerprint density at radius 3 is 2.42 bits per heavy atom. The summed E-state index contributed by atoms with van der Waals surface area (Å²) < 4.78 is 0. The Morgan fingerprint density at radius 1 is 1.08 bits per heavy atom. The van der Waals surface area contributed by atoms with E-state index in [1.54, 1.807) is 11.3 Å². The number of carbonyl (C=O) groups is 1. The summed E-state index contributed by atoms with van der Waals surface area (Å²) in [6.07, 6.45) is 0. The molecule has 2 aromatic carbocycles. The Labute approximate surface area is 158 Å². The van der Waals surface area contributed by atoms with E-state index in [1.807, 2.05) is 64.1 Å². The molecule has 0 saturated carbocycles. The summed E-state index contributed by atoms with van der Waals surface area (Å²) in [5.74, 6) is -0.0591. The topological polar surface area (TPSA) is 54.0 Å². The average Bonchev–Trinajstić information content (AvgIpc) is 3.04. The molecule has 0 aliphatic heterocycles. The van der Waals surface area contributed by atoms with Crippen molar-refractivity contribution in [3.8, 4) is 11.3 Å². The molecule has 0 saturated heterocycles. The van der Waals surface area contributed by atoms with E-state index >= 15 is 0 Å². The summed E-state index contributed by atoms with van der Waals surface area (Å²) in [7, 11) is 0. The summed E-state index contributed by atoms with van der Waals surface area (Å²) in [4.78, 5) is 17.0. The van der Waals surface area contributed by atoms with Gasteiger partial charge in [-0.15, -0.1) is 11.3 Å². The van der Waals surface area contributed by atoms with Crippen LogP contribution in [0.1, 0.15) is 23.1 Å². The first-order chi connectivity index (χ1) is 12.4. The Balaban J connectivity index is 1.63. The van der Waals surface area contributed by atoms with E-state index in [1.165, 1.54) is 5.56 Å². The third kappa shape index (κ3) is 4.29. The minimum Gasteiger partial charge on any atom is -0.374 e. The Bertz CT molecular complexity index is 915. The first-order valence-corrected chi connectivity index (χ1v) is 9.47. The molecule has 0 spiro atoms. The highest BCUT2D eigenvalue weighted by Crippen LogP contribution is 2.23. The zero-order valence-corrected chi connectivity index (χ0v) is 16.3. The van der Waals surface area contributed by atoms with Crippen LogP contribution in [0, 0.1) is 20.8 Å². The number of nitrogens with one attached hydrogen (secondary N) is 2. The van der Waals surface area contributed by atoms with Crippen molar-refractivity contribution in [2.75, 3.05) is 10.6 Å². The lowest BCUT2D eigenvalue weighted by atomic mass is 10.1. The molecule has 1 heterocycles. The number of aromatic nitrogens is 1. The summed E-state index contributed by atoms with van der Waals surface area (Å²) in [6.45, 7) is 7.90. The second-order valence-electron chi connectivity index (χ2n) is 6.50. The highest BCUT2D eigenvalue weighted by Gasteiger charge is 2.14. The van der Waals surface area contributed by atoms with Crippen molar-refractivity contribution in [2.24, 2.45) is 0 Å². The van der Waals surface area contributed by atoms with Crippen molar-refractivity contribution < 1.29 is 4.79 Å². The second-order valence-corrected chi connectivity index (χ2v) is 7.56. The maximum atomic E-state index is 12.5. The van der Waals surface area contributed by atoms with Crippen LogP contribution in [0.4, 0.5) is 11.4 Å². The third-order valence-electron chi connectivity index (χ3n) is 4.22. The molecule has 26 heavy (non-hydrogen) atoms. The monoisotopic (exact) mass is 365 g/mol. The normalized spacial score (nSPS) is 11.8. The zero-order chi connectivity index (χ0) is 18.7. The predicted molar refractivity (Wildman–Crippen MR) is 110 cm³/mol. The van der Waals surface area contributed by atoms with Gasteiger partial charge in [0.25, 0.3) is 0 Å². The van der Waals surface area contributed by atoms with Gasteiger partial charge in [0.1, 0.15) is 6.04 Å². The number of benzene rings is 2. The molecule has 3 rings (SSSR count). The molecular formula is C21H23N3OS. The molecular weight excluding hydrogens is 342 g/mol. The molecule has 134 valence electrons. The van der Waals surface area contributed by atoms with Crippen LogP contribution in [0.25, 0.3) is 11.3 Å². The van der Waals surface area contributed by atoms with Crippen LogP contribution < -0.4 is 10.6 Å². The minimum atomic E-state index is -0.344. The SMILES string of the molecule is Cc1ccc(NC(=O)[C@H](C)Nc2ccc(-c3csc(C)n3)cc2)c(C)c1. The first kappa shape index (κ1) is 18.1. The van der Waals surface area contributed by atoms with Gasteiger partial charge in [-0.2, -0.15) is 0 Å². The fraction of sp³-hybridized carbons (Fsp3) is 0.238. The molecule has 0 fully saturated rings. The summed E-state index contributed by atoms with van der Waals surface area (Å²) >= 11 is 1.64. The Hall–Kier alpha value is -2.66. The molecule has 2 N–H and O–H groups in total. The van der Waals surface area contributed by atoms with E-state index in [2.05, 4.69) is 27.1 Å². The molecule has 1 atom stereocenters. The smallest absolute Gasteiger partial charge is 0.246 e. The maximum Gasteiger partial charge on any atom is 0.246 e. The van der Waals surface area contributed by atoms with E-state index in [-0.39, 0.29) is 11.9 Å². The molecule has 1 amide bonds. The quantitative estimate of drug-likeness (QED) is 0.655. The van der Waals surface area contributed by atoms with Crippen molar-refractivity contribution in [1.29, 1.82) is 0 Å². The molecule has 5 heteroatoms. The van der Waals surface area contributed by atoms with Crippen LogP contribution in [0.5, 0.6) is 0 Å². The number of hydrogen-bond acceptors (Lipinski definition) is 4. The highest BCUT2D eigenvalue weighted by molar-refractivity contribution is 7.09. The maximum absolute atomic E-state index is 12.5. The van der Waals surface area contributed by atoms with Gasteiger partial charge in [0.15, 0.2) is 0 Å². The van der Waals surface area contributed by atoms with Gasteiger partial charge < -0.3 is 10.6 Å². The van der Waals surface area contributed by atoms with E-state index in [0.717, 1.165) is 33.2 Å². The number of carbonyl (C=O) groups excluding carboxylic acids is 1. The van der Waals surface area contributed by atoms with Gasteiger partial charge in [0.2, 0.25) is 5.91 Å². The van der Waals surface area contributed by atoms with Gasteiger partial charge in [0.05, 0.1) is 10.7 Å². The van der Waals surface area contributed by atoms with Crippen LogP contribution in [-0.4, -0.2) is 16.9 Å². The van der Waals surface area contributed by atoms with Crippen molar-refractivity contribution in [1.82, 2.24) is 4.98 Å². The Kier molecular flexibility index (Phi) is 5.38. The number of thiazole rings is 1. The lowest BCUT2D eigenvalue weighted by Crippen LogP contribution is -2.32. The lowest BCUT2D eigenvalue weighted by molar-refractivity contribution is -0.116. The number of nitrogens with zero attached hydrogens (tertiary/aromatic N) is 1. The van der Waals surface area contributed by atoms with Crippen molar-refractivity contribution in [3.63, 3.8) is 0 Å². The number of amides is 1. The largest absolute Gasteiger partial charge is 0.374 e. The van der Waals surface area contributed by atoms with E-state index in [0.29, 0.717) is 0 Å². The zero-order valence-electron chi connectivity index (χ0n) is 15.5. The van der Waals surface area contributed by atoms with Gasteiger partial charge in [-0.05, 0) is 51.5 Å². The standard InChI is InChI=1S/C21H23N3OS/c1-13-5-10-19(14(2)11-13)24-21(25)15(3)22-18-8-6-17(7-9-18)20-12-26-16(4)23-20/h5-12,15,22H,1-4H3,(H,24,25)/t15-/m0/s1. The second kappa shape index (κ2) is 7.70. The predicted octanol–water partition coefficient (Wildman–Crippen LogP) is 5.17. The molecule has 0 radical (unpaired) electrons. The van der Waals surface area contributed by atoms with E-state index in [9.17, 15) is 4.79 Å². The molecule has 0 aliphatic rings. The molecule has 1 aromatic heterocycles. The third-order valence-corrected chi connectivity index (χ3v) is 4.99. The summed E-state index contributed by atoms with van der Waals surface area (Å²) in [5, 5.41) is 9.34. The van der Waals surface area contributed by atoms with Crippen molar-refractivity contribution in [2.45, 2.75) is 33.7 Å². The van der Waals surface area contributed by atoms with Gasteiger partial charge >= 0.3 is 0 Å².